The molecule has 1 unspecified atom stereocenters. The molecule has 4 rings (SSSR count). The number of benzene rings is 1. The lowest BCUT2D eigenvalue weighted by molar-refractivity contribution is 0.104. The van der Waals surface area contributed by atoms with Crippen molar-refractivity contribution in [3.8, 4) is 11.4 Å². The summed E-state index contributed by atoms with van der Waals surface area (Å²) in [6.07, 6.45) is -1.84. The molecule has 2 aliphatic heterocycles. The number of aromatic nitrogens is 2. The quantitative estimate of drug-likeness (QED) is 0.758. The Morgan fingerprint density at radius 1 is 1.36 bits per heavy atom. The minimum absolute atomic E-state index is 0.196. The molecule has 6 nitrogen and oxygen atoms in total. The molecule has 0 N–H and O–H groups in total. The van der Waals surface area contributed by atoms with Gasteiger partial charge in [0.2, 0.25) is 0 Å². The number of halogens is 3. The summed E-state index contributed by atoms with van der Waals surface area (Å²) in [5.74, 6) is 0.843. The number of cyclic esters (lactones) is 1. The summed E-state index contributed by atoms with van der Waals surface area (Å²) in [5.41, 5.74) is 1.87. The van der Waals surface area contributed by atoms with E-state index in [1.54, 1.807) is 6.20 Å². The molecule has 0 aliphatic carbocycles. The molecule has 25 heavy (non-hydrogen) atoms. The van der Waals surface area contributed by atoms with Gasteiger partial charge in [0.1, 0.15) is 18.5 Å². The second-order valence-corrected chi connectivity index (χ2v) is 6.96. The number of hydrogen-bond donors (Lipinski definition) is 0. The van der Waals surface area contributed by atoms with Crippen LogP contribution in [-0.2, 0) is 11.3 Å². The average molecular weight is 413 g/mol. The third kappa shape index (κ3) is 2.66. The molecular formula is C16H15BrF2N4O2. The zero-order valence-electron chi connectivity index (χ0n) is 13.3. The van der Waals surface area contributed by atoms with Crippen LogP contribution in [0.3, 0.4) is 0 Å². The van der Waals surface area contributed by atoms with Crippen molar-refractivity contribution in [2.24, 2.45) is 0 Å². The molecule has 0 saturated carbocycles. The first-order chi connectivity index (χ1) is 12.0. The van der Waals surface area contributed by atoms with Gasteiger partial charge in [0.25, 0.3) is 6.43 Å². The van der Waals surface area contributed by atoms with E-state index >= 15 is 0 Å². The summed E-state index contributed by atoms with van der Waals surface area (Å²) in [7, 11) is 1.99. The maximum absolute atomic E-state index is 13.2. The van der Waals surface area contributed by atoms with E-state index in [0.717, 1.165) is 27.2 Å². The first kappa shape index (κ1) is 16.3. The topological polar surface area (TPSA) is 50.6 Å². The van der Waals surface area contributed by atoms with Gasteiger partial charge in [-0.1, -0.05) is 15.9 Å². The number of rotatable bonds is 2. The van der Waals surface area contributed by atoms with Crippen molar-refractivity contribution in [1.82, 2.24) is 9.55 Å². The maximum atomic E-state index is 13.2. The number of alkyl halides is 2. The van der Waals surface area contributed by atoms with Gasteiger partial charge in [-0.15, -0.1) is 0 Å². The molecule has 3 heterocycles. The summed E-state index contributed by atoms with van der Waals surface area (Å²) in [4.78, 5) is 19.5. The van der Waals surface area contributed by atoms with E-state index in [4.69, 9.17) is 4.74 Å². The fourth-order valence-electron chi connectivity index (χ4n) is 3.18. The van der Waals surface area contributed by atoms with Gasteiger partial charge in [-0.25, -0.2) is 23.5 Å². The number of carbonyl (C=O) groups excluding carboxylic acids is 1. The third-order valence-electron chi connectivity index (χ3n) is 4.50. The molecule has 1 saturated heterocycles. The number of anilines is 2. The highest BCUT2D eigenvalue weighted by atomic mass is 79.9. The van der Waals surface area contributed by atoms with Crippen molar-refractivity contribution < 1.29 is 18.3 Å². The Bertz CT molecular complexity index is 842. The van der Waals surface area contributed by atoms with E-state index in [1.165, 1.54) is 0 Å². The Kier molecular flexibility index (Phi) is 3.90. The Labute approximate surface area is 151 Å². The van der Waals surface area contributed by atoms with E-state index in [1.807, 2.05) is 29.8 Å². The largest absolute Gasteiger partial charge is 0.447 e. The summed E-state index contributed by atoms with van der Waals surface area (Å²) < 4.78 is 34.1. The number of carbonyl (C=O) groups is 1. The van der Waals surface area contributed by atoms with Crippen molar-refractivity contribution in [1.29, 1.82) is 0 Å². The molecule has 1 amide bonds. The van der Waals surface area contributed by atoms with Crippen LogP contribution in [0.1, 0.15) is 0 Å². The summed E-state index contributed by atoms with van der Waals surface area (Å²) in [5, 5.41) is 0. The van der Waals surface area contributed by atoms with E-state index in [2.05, 4.69) is 25.8 Å². The third-order valence-corrected chi connectivity index (χ3v) is 4.99. The molecule has 1 fully saturated rings. The number of ether oxygens (including phenoxy) is 1. The van der Waals surface area contributed by atoms with Gasteiger partial charge in [-0.3, -0.25) is 0 Å². The Morgan fingerprint density at radius 3 is 2.92 bits per heavy atom. The molecule has 0 spiro atoms. The van der Waals surface area contributed by atoms with Crippen LogP contribution >= 0.6 is 15.9 Å². The van der Waals surface area contributed by atoms with Gasteiger partial charge in [0.05, 0.1) is 0 Å². The zero-order valence-corrected chi connectivity index (χ0v) is 14.9. The average Bonchev–Trinajstić information content (AvgIpc) is 3.13. The number of nitrogens with zero attached hydrogens (tertiary/aromatic N) is 4. The molecule has 0 radical (unpaired) electrons. The molecule has 2 aromatic rings. The smallest absolute Gasteiger partial charge is 0.416 e. The van der Waals surface area contributed by atoms with Crippen LogP contribution in [0.25, 0.3) is 11.4 Å². The van der Waals surface area contributed by atoms with Crippen molar-refractivity contribution in [3.05, 3.63) is 28.9 Å². The van der Waals surface area contributed by atoms with Gasteiger partial charge < -0.3 is 14.2 Å². The minimum Gasteiger partial charge on any atom is -0.447 e. The highest BCUT2D eigenvalue weighted by Gasteiger charge is 2.42. The van der Waals surface area contributed by atoms with E-state index in [9.17, 15) is 13.6 Å². The molecule has 0 bridgehead atoms. The highest BCUT2D eigenvalue weighted by molar-refractivity contribution is 9.10. The Morgan fingerprint density at radius 2 is 2.16 bits per heavy atom. The lowest BCUT2D eigenvalue weighted by atomic mass is 10.1. The number of hydrogen-bond acceptors (Lipinski definition) is 4. The van der Waals surface area contributed by atoms with Crippen LogP contribution in [0.5, 0.6) is 0 Å². The Balaban J connectivity index is 1.81. The Hall–Kier alpha value is -2.16. The number of imidazole rings is 1. The first-order valence-corrected chi connectivity index (χ1v) is 8.57. The second kappa shape index (κ2) is 5.98. The molecule has 1 aromatic heterocycles. The van der Waals surface area contributed by atoms with Gasteiger partial charge in [-0.2, -0.15) is 0 Å². The fraction of sp³-hybridized carbons (Fsp3) is 0.375. The number of fused-ring (bicyclic) bond motifs is 3. The maximum Gasteiger partial charge on any atom is 0.416 e. The highest BCUT2D eigenvalue weighted by Crippen LogP contribution is 2.37. The van der Waals surface area contributed by atoms with Crippen LogP contribution < -0.4 is 9.80 Å². The van der Waals surface area contributed by atoms with Gasteiger partial charge in [0, 0.05) is 42.1 Å². The standard InChI is InChI=1S/C16H15BrF2N4O2/c1-21-4-5-22-7-13(23-12(14(18)19)8-25-16(23)24)20-15(22)10-3-2-9(17)6-11(10)21/h2-3,6-7,12,14H,4-5,8H2,1H3. The molecule has 9 heteroatoms. The predicted octanol–water partition coefficient (Wildman–Crippen LogP) is 3.35. The summed E-state index contributed by atoms with van der Waals surface area (Å²) in [6, 6.07) is 4.52. The molecule has 132 valence electrons. The molecule has 2 aliphatic rings. The monoisotopic (exact) mass is 412 g/mol. The van der Waals surface area contributed by atoms with Gasteiger partial charge >= 0.3 is 6.09 Å². The first-order valence-electron chi connectivity index (χ1n) is 7.78. The van der Waals surface area contributed by atoms with E-state index in [-0.39, 0.29) is 12.4 Å². The van der Waals surface area contributed by atoms with Crippen LogP contribution in [0, 0.1) is 0 Å². The van der Waals surface area contributed by atoms with E-state index in [0.29, 0.717) is 12.4 Å². The lowest BCUT2D eigenvalue weighted by Crippen LogP contribution is -2.38. The van der Waals surface area contributed by atoms with Crippen LogP contribution in [0.2, 0.25) is 0 Å². The summed E-state index contributed by atoms with van der Waals surface area (Å²) in [6.45, 7) is 1.04. The van der Waals surface area contributed by atoms with Crippen molar-refractivity contribution in [2.45, 2.75) is 19.0 Å². The van der Waals surface area contributed by atoms with Crippen molar-refractivity contribution >= 4 is 33.5 Å². The van der Waals surface area contributed by atoms with Gasteiger partial charge in [0.15, 0.2) is 5.82 Å². The lowest BCUT2D eigenvalue weighted by Gasteiger charge is -2.20. The molecule has 1 atom stereocenters. The predicted molar refractivity (Wildman–Crippen MR) is 92.3 cm³/mol. The molecular weight excluding hydrogens is 398 g/mol. The van der Waals surface area contributed by atoms with E-state index < -0.39 is 18.6 Å². The zero-order chi connectivity index (χ0) is 17.7. The number of likely N-dealkylation sites (N-methyl/N-ethyl adjacent to an activating group) is 1. The minimum atomic E-state index is -2.69. The van der Waals surface area contributed by atoms with Crippen LogP contribution in [0.15, 0.2) is 28.9 Å². The second-order valence-electron chi connectivity index (χ2n) is 6.05. The van der Waals surface area contributed by atoms with Crippen LogP contribution in [-0.4, -0.2) is 48.3 Å². The molecule has 1 aromatic carbocycles. The van der Waals surface area contributed by atoms with Gasteiger partial charge in [-0.05, 0) is 18.2 Å². The SMILES string of the molecule is CN1CCn2cc(N3C(=O)OCC3C(F)F)nc2-c2ccc(Br)cc21. The summed E-state index contributed by atoms with van der Waals surface area (Å²) >= 11 is 3.47. The fourth-order valence-corrected chi connectivity index (χ4v) is 3.53. The van der Waals surface area contributed by atoms with Crippen molar-refractivity contribution in [2.75, 3.05) is 30.0 Å². The normalized spacial score (nSPS) is 19.7. The number of amides is 1. The van der Waals surface area contributed by atoms with Crippen LogP contribution in [0.4, 0.5) is 25.1 Å². The van der Waals surface area contributed by atoms with Crippen molar-refractivity contribution in [3.63, 3.8) is 0 Å².